The molecule has 0 aromatic rings. The van der Waals surface area contributed by atoms with Crippen molar-refractivity contribution >= 4 is 19.8 Å². The summed E-state index contributed by atoms with van der Waals surface area (Å²) < 4.78 is 33.4. The summed E-state index contributed by atoms with van der Waals surface area (Å²) in [4.78, 5) is 37.0. The van der Waals surface area contributed by atoms with Crippen molar-refractivity contribution in [2.75, 3.05) is 40.5 Å². The van der Waals surface area contributed by atoms with Crippen molar-refractivity contribution in [3.63, 3.8) is 0 Å². The normalized spacial score (nSPS) is 14.2. The van der Waals surface area contributed by atoms with Gasteiger partial charge in [-0.1, -0.05) is 137 Å². The molecule has 0 radical (unpaired) electrons. The number of hydrogen-bond acceptors (Lipinski definition) is 8. The minimum atomic E-state index is -4.38. The van der Waals surface area contributed by atoms with Crippen LogP contribution in [0.25, 0.3) is 0 Å². The van der Waals surface area contributed by atoms with Gasteiger partial charge < -0.3 is 19.3 Å². The number of unbranched alkanes of at least 4 members (excludes halogenated alkanes) is 11. The smallest absolute Gasteiger partial charge is 0.462 e. The lowest BCUT2D eigenvalue weighted by molar-refractivity contribution is -0.161. The molecule has 57 heavy (non-hydrogen) atoms. The number of likely N-dealkylation sites (N-methyl/N-ethyl adjacent to an activating group) is 1. The third-order valence-electron chi connectivity index (χ3n) is 8.69. The van der Waals surface area contributed by atoms with E-state index >= 15 is 0 Å². The van der Waals surface area contributed by atoms with Gasteiger partial charge in [0, 0.05) is 19.4 Å². The molecule has 0 saturated heterocycles. The van der Waals surface area contributed by atoms with Crippen LogP contribution in [0.3, 0.4) is 0 Å². The highest BCUT2D eigenvalue weighted by Gasteiger charge is 2.26. The molecule has 0 fully saturated rings. The van der Waals surface area contributed by atoms with Gasteiger partial charge >= 0.3 is 19.8 Å². The monoisotopic (exact) mass is 818 g/mol. The molecule has 1 N–H and O–H groups in total. The summed E-state index contributed by atoms with van der Waals surface area (Å²) in [6, 6.07) is 0. The Labute approximate surface area is 348 Å². The average molecular weight is 818 g/mol. The van der Waals surface area contributed by atoms with Gasteiger partial charge in [-0.2, -0.15) is 0 Å². The van der Waals surface area contributed by atoms with Crippen LogP contribution in [-0.2, 0) is 32.7 Å². The first kappa shape index (κ1) is 54.2. The first-order valence-corrected chi connectivity index (χ1v) is 23.4. The number of nitrogens with zero attached hydrogens (tertiary/aromatic N) is 1. The zero-order valence-corrected chi connectivity index (χ0v) is 37.1. The lowest BCUT2D eigenvalue weighted by Crippen LogP contribution is -2.29. The number of ether oxygens (including phenoxy) is 2. The van der Waals surface area contributed by atoms with Gasteiger partial charge in [-0.15, -0.1) is 0 Å². The number of hydrogen-bond donors (Lipinski definition) is 1. The minimum absolute atomic E-state index is 0.00632. The highest BCUT2D eigenvalue weighted by Crippen LogP contribution is 2.43. The van der Waals surface area contributed by atoms with E-state index in [4.69, 9.17) is 18.5 Å². The summed E-state index contributed by atoms with van der Waals surface area (Å²) in [6.07, 6.45) is 50.5. The standard InChI is InChI=1S/C47H80NO8P/c1-5-7-9-11-13-15-17-19-21-23-25-27-29-31-33-35-37-39-46(49)53-43-45(44-55-57(51,52)54-42-41-48(3)4)56-47(50)40-38-36-34-32-30-28-26-24-22-20-18-16-14-12-10-8-6-2/h7,9,13-16,19-22,25-28,45H,5-6,8,10-12,17-18,23-24,29-44H2,1-4H3,(H,51,52)/b9-7-,15-13-,16-14-,21-19-,22-20-,27-25-,28-26-. The first-order chi connectivity index (χ1) is 27.7. The summed E-state index contributed by atoms with van der Waals surface area (Å²) in [5.41, 5.74) is 0. The number of esters is 2. The maximum absolute atomic E-state index is 12.7. The SMILES string of the molecule is CC/C=C\C/C=C\C/C=C\C/C=C\CCCCCCC(=O)OCC(COP(=O)(O)OCCN(C)C)OC(=O)CCCCCC/C=C\C/C=C\C/C=C\CCCCC. The maximum atomic E-state index is 12.7. The zero-order valence-electron chi connectivity index (χ0n) is 36.2. The highest BCUT2D eigenvalue weighted by atomic mass is 31.2. The number of carbonyl (C=O) groups is 2. The quantitative estimate of drug-likeness (QED) is 0.0280. The second kappa shape index (κ2) is 41.4. The molecule has 0 aliphatic carbocycles. The van der Waals surface area contributed by atoms with E-state index in [9.17, 15) is 19.0 Å². The van der Waals surface area contributed by atoms with Crippen molar-refractivity contribution in [3.05, 3.63) is 85.1 Å². The fourth-order valence-corrected chi connectivity index (χ4v) is 6.07. The van der Waals surface area contributed by atoms with Crippen molar-refractivity contribution in [2.24, 2.45) is 0 Å². The molecule has 10 heteroatoms. The van der Waals surface area contributed by atoms with Crippen LogP contribution in [0.1, 0.15) is 155 Å². The molecule has 2 atom stereocenters. The lowest BCUT2D eigenvalue weighted by Gasteiger charge is -2.20. The van der Waals surface area contributed by atoms with Gasteiger partial charge in [0.15, 0.2) is 6.10 Å². The molecular formula is C47H80NO8P. The van der Waals surface area contributed by atoms with E-state index in [0.29, 0.717) is 19.4 Å². The first-order valence-electron chi connectivity index (χ1n) is 21.9. The molecule has 9 nitrogen and oxygen atoms in total. The number of allylic oxidation sites excluding steroid dienone is 14. The average Bonchev–Trinajstić information content (AvgIpc) is 3.18. The van der Waals surface area contributed by atoms with Crippen molar-refractivity contribution in [3.8, 4) is 0 Å². The van der Waals surface area contributed by atoms with Crippen LogP contribution in [0.4, 0.5) is 0 Å². The summed E-state index contributed by atoms with van der Waals surface area (Å²) in [5, 5.41) is 0. The van der Waals surface area contributed by atoms with E-state index in [2.05, 4.69) is 98.9 Å². The highest BCUT2D eigenvalue weighted by molar-refractivity contribution is 7.47. The third-order valence-corrected chi connectivity index (χ3v) is 9.67. The predicted octanol–water partition coefficient (Wildman–Crippen LogP) is 12.7. The molecule has 0 heterocycles. The second-order valence-corrected chi connectivity index (χ2v) is 15.9. The zero-order chi connectivity index (χ0) is 41.9. The summed E-state index contributed by atoms with van der Waals surface area (Å²) in [5.74, 6) is -0.864. The van der Waals surface area contributed by atoms with Crippen LogP contribution in [0.2, 0.25) is 0 Å². The molecule has 0 bridgehead atoms. The van der Waals surface area contributed by atoms with Crippen molar-refractivity contribution in [1.29, 1.82) is 0 Å². The van der Waals surface area contributed by atoms with Gasteiger partial charge in [-0.3, -0.25) is 18.6 Å². The van der Waals surface area contributed by atoms with E-state index < -0.39 is 32.5 Å². The molecule has 0 rings (SSSR count). The Morgan fingerprint density at radius 1 is 0.561 bits per heavy atom. The van der Waals surface area contributed by atoms with Gasteiger partial charge in [0.1, 0.15) is 6.61 Å². The van der Waals surface area contributed by atoms with Crippen LogP contribution in [0, 0.1) is 0 Å². The Bertz CT molecular complexity index is 1220. The van der Waals surface area contributed by atoms with E-state index in [1.54, 1.807) is 0 Å². The van der Waals surface area contributed by atoms with Crippen molar-refractivity contribution in [2.45, 2.75) is 161 Å². The summed E-state index contributed by atoms with van der Waals surface area (Å²) >= 11 is 0. The summed E-state index contributed by atoms with van der Waals surface area (Å²) in [6.45, 7) is 4.10. The maximum Gasteiger partial charge on any atom is 0.472 e. The van der Waals surface area contributed by atoms with E-state index in [0.717, 1.165) is 89.9 Å². The van der Waals surface area contributed by atoms with Gasteiger partial charge in [0.2, 0.25) is 0 Å². The number of phosphoric acid groups is 1. The Morgan fingerprint density at radius 2 is 1.00 bits per heavy atom. The molecule has 0 amide bonds. The second-order valence-electron chi connectivity index (χ2n) is 14.5. The van der Waals surface area contributed by atoms with Gasteiger partial charge in [-0.05, 0) is 104 Å². The molecule has 326 valence electrons. The Kier molecular flexibility index (Phi) is 39.3. The molecular weight excluding hydrogens is 737 g/mol. The van der Waals surface area contributed by atoms with Crippen LogP contribution < -0.4 is 0 Å². The largest absolute Gasteiger partial charge is 0.472 e. The Morgan fingerprint density at radius 3 is 1.47 bits per heavy atom. The molecule has 0 aliphatic heterocycles. The van der Waals surface area contributed by atoms with E-state index in [1.807, 2.05) is 19.0 Å². The van der Waals surface area contributed by atoms with Crippen LogP contribution in [-0.4, -0.2) is 68.3 Å². The Balaban J connectivity index is 4.40. The van der Waals surface area contributed by atoms with Crippen LogP contribution >= 0.6 is 7.82 Å². The van der Waals surface area contributed by atoms with Crippen LogP contribution in [0.15, 0.2) is 85.1 Å². The fourth-order valence-electron chi connectivity index (χ4n) is 5.33. The van der Waals surface area contributed by atoms with Crippen LogP contribution in [0.5, 0.6) is 0 Å². The predicted molar refractivity (Wildman–Crippen MR) is 238 cm³/mol. The number of carbonyl (C=O) groups excluding carboxylic acids is 2. The minimum Gasteiger partial charge on any atom is -0.462 e. The van der Waals surface area contributed by atoms with Gasteiger partial charge in [0.05, 0.1) is 13.2 Å². The molecule has 0 aromatic heterocycles. The van der Waals surface area contributed by atoms with E-state index in [-0.39, 0.29) is 26.1 Å². The number of rotatable bonds is 39. The lowest BCUT2D eigenvalue weighted by atomic mass is 10.1. The molecule has 0 aliphatic rings. The van der Waals surface area contributed by atoms with E-state index in [1.165, 1.54) is 25.7 Å². The Hall–Kier alpha value is -2.81. The molecule has 0 saturated carbocycles. The number of phosphoric ester groups is 1. The van der Waals surface area contributed by atoms with Crippen molar-refractivity contribution in [1.82, 2.24) is 4.90 Å². The van der Waals surface area contributed by atoms with Gasteiger partial charge in [-0.25, -0.2) is 4.57 Å². The molecule has 0 spiro atoms. The topological polar surface area (TPSA) is 112 Å². The van der Waals surface area contributed by atoms with Crippen molar-refractivity contribution < 1.29 is 37.6 Å². The molecule has 2 unspecified atom stereocenters. The summed E-state index contributed by atoms with van der Waals surface area (Å²) in [7, 11) is -0.748. The van der Waals surface area contributed by atoms with Gasteiger partial charge in [0.25, 0.3) is 0 Å². The molecule has 0 aromatic carbocycles. The fraction of sp³-hybridized carbons (Fsp3) is 0.660. The third kappa shape index (κ3) is 42.6.